The topological polar surface area (TPSA) is 86.7 Å². The fraction of sp³-hybridized carbons (Fsp3) is 0.786. The van der Waals surface area contributed by atoms with Crippen molar-refractivity contribution in [2.24, 2.45) is 5.41 Å². The van der Waals surface area contributed by atoms with E-state index in [4.69, 9.17) is 0 Å². The summed E-state index contributed by atoms with van der Waals surface area (Å²) >= 11 is 0. The predicted octanol–water partition coefficient (Wildman–Crippen LogP) is -0.156. The van der Waals surface area contributed by atoms with Gasteiger partial charge in [0.05, 0.1) is 12.0 Å². The summed E-state index contributed by atoms with van der Waals surface area (Å²) in [6.45, 7) is 3.13. The van der Waals surface area contributed by atoms with Gasteiger partial charge in [-0.1, -0.05) is 0 Å². The first-order valence-electron chi connectivity index (χ1n) is 7.09. The third-order valence-corrected chi connectivity index (χ3v) is 4.56. The molecule has 20 heavy (non-hydrogen) atoms. The van der Waals surface area contributed by atoms with Crippen LogP contribution in [-0.4, -0.2) is 52.8 Å². The fourth-order valence-corrected chi connectivity index (χ4v) is 3.35. The van der Waals surface area contributed by atoms with Crippen LogP contribution >= 0.6 is 0 Å². The number of carbonyl (C=O) groups excluding carboxylic acids is 3. The van der Waals surface area contributed by atoms with E-state index in [0.29, 0.717) is 6.54 Å². The van der Waals surface area contributed by atoms with E-state index in [0.717, 1.165) is 25.7 Å². The Morgan fingerprint density at radius 2 is 2.00 bits per heavy atom. The molecule has 0 aromatic carbocycles. The van der Waals surface area contributed by atoms with Crippen molar-refractivity contribution < 1.29 is 19.5 Å². The molecule has 1 aliphatic heterocycles. The molecule has 0 aromatic rings. The Balaban J connectivity index is 1.92. The first-order chi connectivity index (χ1) is 9.39. The molecule has 1 saturated carbocycles. The minimum absolute atomic E-state index is 0.0203. The zero-order valence-electron chi connectivity index (χ0n) is 12.0. The number of rotatable bonds is 4. The van der Waals surface area contributed by atoms with E-state index in [-0.39, 0.29) is 35.7 Å². The van der Waals surface area contributed by atoms with Crippen molar-refractivity contribution in [3.63, 3.8) is 0 Å². The van der Waals surface area contributed by atoms with Crippen molar-refractivity contribution in [1.82, 2.24) is 10.2 Å². The Labute approximate surface area is 118 Å². The molecule has 1 spiro atoms. The number of amides is 2. The van der Waals surface area contributed by atoms with Gasteiger partial charge in [0.1, 0.15) is 6.04 Å². The number of hydrogen-bond acceptors (Lipinski definition) is 4. The lowest BCUT2D eigenvalue weighted by molar-refractivity contribution is -0.172. The van der Waals surface area contributed by atoms with Crippen LogP contribution in [0.5, 0.6) is 0 Å². The second kappa shape index (κ2) is 5.52. The molecule has 0 unspecified atom stereocenters. The van der Waals surface area contributed by atoms with Crippen molar-refractivity contribution in [3.05, 3.63) is 0 Å². The van der Waals surface area contributed by atoms with Gasteiger partial charge in [0.2, 0.25) is 11.8 Å². The van der Waals surface area contributed by atoms with E-state index in [1.807, 2.05) is 0 Å². The Morgan fingerprint density at radius 1 is 1.40 bits per heavy atom. The summed E-state index contributed by atoms with van der Waals surface area (Å²) in [7, 11) is 0. The molecule has 2 aliphatic rings. The zero-order valence-corrected chi connectivity index (χ0v) is 12.0. The molecule has 2 fully saturated rings. The molecule has 1 atom stereocenters. The molecule has 112 valence electrons. The highest BCUT2D eigenvalue weighted by molar-refractivity contribution is 5.94. The SMILES string of the molecule is CC(=O)NC1CCC2(CC1)CN([C@@H](CO)C(C)=O)C2=O. The number of likely N-dealkylation sites (tertiary alicyclic amines) is 1. The van der Waals surface area contributed by atoms with Crippen LogP contribution in [0.4, 0.5) is 0 Å². The number of nitrogens with zero attached hydrogens (tertiary/aromatic N) is 1. The second-order valence-corrected chi connectivity index (χ2v) is 6.00. The number of Topliss-reactive ketones (excluding diaryl/α,β-unsaturated/α-hetero) is 1. The molecular formula is C14H22N2O4. The molecule has 2 amide bonds. The lowest BCUT2D eigenvalue weighted by atomic mass is 9.66. The van der Waals surface area contributed by atoms with Crippen LogP contribution in [0.3, 0.4) is 0 Å². The number of aliphatic hydroxyl groups excluding tert-OH is 1. The normalized spacial score (nSPS) is 30.9. The van der Waals surface area contributed by atoms with Gasteiger partial charge in [0.15, 0.2) is 5.78 Å². The summed E-state index contributed by atoms with van der Waals surface area (Å²) in [6.07, 6.45) is 3.07. The van der Waals surface area contributed by atoms with E-state index < -0.39 is 6.04 Å². The molecular weight excluding hydrogens is 260 g/mol. The third-order valence-electron chi connectivity index (χ3n) is 4.56. The van der Waals surface area contributed by atoms with Crippen molar-refractivity contribution in [1.29, 1.82) is 0 Å². The predicted molar refractivity (Wildman–Crippen MR) is 71.8 cm³/mol. The van der Waals surface area contributed by atoms with E-state index in [2.05, 4.69) is 5.32 Å². The summed E-state index contributed by atoms with van der Waals surface area (Å²) in [5.74, 6) is -0.236. The van der Waals surface area contributed by atoms with E-state index in [1.54, 1.807) is 0 Å². The zero-order chi connectivity index (χ0) is 14.9. The number of carbonyl (C=O) groups is 3. The number of hydrogen-bond donors (Lipinski definition) is 2. The summed E-state index contributed by atoms with van der Waals surface area (Å²) < 4.78 is 0. The molecule has 6 nitrogen and oxygen atoms in total. The number of β-lactam (4-membered cyclic amide) rings is 1. The van der Waals surface area contributed by atoms with Crippen molar-refractivity contribution in [2.45, 2.75) is 51.6 Å². The van der Waals surface area contributed by atoms with Crippen molar-refractivity contribution in [2.75, 3.05) is 13.2 Å². The highest BCUT2D eigenvalue weighted by atomic mass is 16.3. The van der Waals surface area contributed by atoms with Gasteiger partial charge in [-0.05, 0) is 32.6 Å². The Kier molecular flexibility index (Phi) is 4.13. The Bertz CT molecular complexity index is 427. The molecule has 1 heterocycles. The molecule has 0 aromatic heterocycles. The molecule has 0 radical (unpaired) electrons. The number of nitrogens with one attached hydrogen (secondary N) is 1. The summed E-state index contributed by atoms with van der Waals surface area (Å²) in [6, 6.07) is -0.539. The van der Waals surface area contributed by atoms with Crippen LogP contribution in [0.15, 0.2) is 0 Å². The minimum Gasteiger partial charge on any atom is -0.394 e. The quantitative estimate of drug-likeness (QED) is 0.702. The first kappa shape index (κ1) is 15.0. The summed E-state index contributed by atoms with van der Waals surface area (Å²) in [4.78, 5) is 36.3. The maximum atomic E-state index is 12.3. The van der Waals surface area contributed by atoms with E-state index >= 15 is 0 Å². The van der Waals surface area contributed by atoms with E-state index in [1.165, 1.54) is 18.7 Å². The summed E-state index contributed by atoms with van der Waals surface area (Å²) in [5, 5.41) is 12.1. The van der Waals surface area contributed by atoms with Crippen molar-refractivity contribution >= 4 is 17.6 Å². The monoisotopic (exact) mass is 282 g/mol. The minimum atomic E-state index is -0.693. The second-order valence-electron chi connectivity index (χ2n) is 6.00. The molecule has 1 aliphatic carbocycles. The van der Waals surface area contributed by atoms with Gasteiger partial charge in [0.25, 0.3) is 0 Å². The van der Waals surface area contributed by atoms with Gasteiger partial charge in [-0.3, -0.25) is 14.4 Å². The molecule has 2 N–H and O–H groups in total. The van der Waals surface area contributed by atoms with Crippen LogP contribution in [0.1, 0.15) is 39.5 Å². The molecule has 0 bridgehead atoms. The lowest BCUT2D eigenvalue weighted by Crippen LogP contribution is -2.67. The lowest BCUT2D eigenvalue weighted by Gasteiger charge is -2.53. The average molecular weight is 282 g/mol. The molecule has 6 heteroatoms. The molecule has 1 saturated heterocycles. The van der Waals surface area contributed by atoms with Gasteiger partial charge in [-0.25, -0.2) is 0 Å². The third kappa shape index (κ3) is 2.57. The van der Waals surface area contributed by atoms with Crippen LogP contribution in [-0.2, 0) is 14.4 Å². The van der Waals surface area contributed by atoms with Gasteiger partial charge >= 0.3 is 0 Å². The van der Waals surface area contributed by atoms with Gasteiger partial charge in [0, 0.05) is 19.5 Å². The van der Waals surface area contributed by atoms with Gasteiger partial charge in [-0.15, -0.1) is 0 Å². The van der Waals surface area contributed by atoms with Gasteiger partial charge < -0.3 is 15.3 Å². The maximum absolute atomic E-state index is 12.3. The van der Waals surface area contributed by atoms with Crippen molar-refractivity contribution in [3.8, 4) is 0 Å². The Morgan fingerprint density at radius 3 is 2.40 bits per heavy atom. The average Bonchev–Trinajstić information content (AvgIpc) is 2.39. The highest BCUT2D eigenvalue weighted by Crippen LogP contribution is 2.45. The first-order valence-corrected chi connectivity index (χ1v) is 7.09. The van der Waals surface area contributed by atoms with Crippen LogP contribution < -0.4 is 5.32 Å². The smallest absolute Gasteiger partial charge is 0.231 e. The van der Waals surface area contributed by atoms with Gasteiger partial charge in [-0.2, -0.15) is 0 Å². The molecule has 2 rings (SSSR count). The number of ketones is 1. The van der Waals surface area contributed by atoms with Crippen LogP contribution in [0.25, 0.3) is 0 Å². The van der Waals surface area contributed by atoms with E-state index in [9.17, 15) is 19.5 Å². The van der Waals surface area contributed by atoms with Crippen LogP contribution in [0.2, 0.25) is 0 Å². The highest BCUT2D eigenvalue weighted by Gasteiger charge is 2.55. The summed E-state index contributed by atoms with van der Waals surface area (Å²) in [5.41, 5.74) is -0.363. The fourth-order valence-electron chi connectivity index (χ4n) is 3.35. The Hall–Kier alpha value is -1.43. The standard InChI is InChI=1S/C14H22N2O4/c1-9(18)12(7-17)16-8-14(13(16)20)5-3-11(4-6-14)15-10(2)19/h11-12,17H,3-8H2,1-2H3,(H,15,19)/t11?,12-,14?/m0/s1. The van der Waals surface area contributed by atoms with Crippen LogP contribution in [0, 0.1) is 5.41 Å². The number of aliphatic hydroxyl groups is 1. The maximum Gasteiger partial charge on any atom is 0.231 e. The largest absolute Gasteiger partial charge is 0.394 e.